The first-order chi connectivity index (χ1) is 38.4. The molecule has 0 spiro atoms. The predicted molar refractivity (Wildman–Crippen MR) is 274 cm³/mol. The lowest BCUT2D eigenvalue weighted by molar-refractivity contribution is -0.376. The fraction of sp³-hybridized carbons (Fsp3) is 0.755. The summed E-state index contributed by atoms with van der Waals surface area (Å²) < 4.78 is 45.1. The molecule has 5 heterocycles. The molecular weight excluding hydrogens is 1090 g/mol. The Bertz CT molecular complexity index is 2160. The molecule has 0 bridgehead atoms. The van der Waals surface area contributed by atoms with Gasteiger partial charge in [-0.2, -0.15) is 11.8 Å². The maximum Gasteiger partial charge on any atom is 0.315 e. The van der Waals surface area contributed by atoms with Crippen LogP contribution in [0.1, 0.15) is 55.8 Å². The topological polar surface area (TPSA) is 443 Å². The highest BCUT2D eigenvalue weighted by Crippen LogP contribution is 2.35. The number of aliphatic hydroxyl groups is 9. The summed E-state index contributed by atoms with van der Waals surface area (Å²) in [6, 6.07) is 4.96. The van der Waals surface area contributed by atoms with Gasteiger partial charge in [0.05, 0.1) is 51.7 Å². The largest absolute Gasteiger partial charge is 0.484 e. The van der Waals surface area contributed by atoms with E-state index in [9.17, 15) is 74.7 Å². The molecule has 0 radical (unpaired) electrons. The standard InChI is InChI=1S/C49H77N7O23S/c1-24(60)54-36-39(66)43(78-48-42(69)44(38(65)29(20-58)76-48)79-47-41(68)40(67)37(64)28(19-57)75-47)30(21-59)77-46(36)73-15-5-11-50-34(63)22-74-26-7-4-6-25(18-26)45(70)53-13-12-51-33(62)10-16-72-17-14-52-32(61)9-3-2-8-31-35-27(23-80-31)55-49(71)56-35/h4,6-7,18,27-31,35-44,46-48,57-59,64-69H,2-3,5,8-17,19-23H2,1H3,(H,50,63)(H,51,62)(H,52,61)(H,53,70)(H,54,60)(H2,55,56,71)/t27-,28?,29?,30?,31-,35-,36?,37-,38-,39+,40?,41-,42?,43+,44-,46+,47+,48-/m0/s1. The molecule has 0 aromatic heterocycles. The highest BCUT2D eigenvalue weighted by Gasteiger charge is 2.54. The van der Waals surface area contributed by atoms with Gasteiger partial charge in [0.1, 0.15) is 78.9 Å². The van der Waals surface area contributed by atoms with E-state index in [0.717, 1.165) is 31.9 Å². The van der Waals surface area contributed by atoms with Gasteiger partial charge in [-0.15, -0.1) is 0 Å². The molecule has 18 atom stereocenters. The van der Waals surface area contributed by atoms with Crippen LogP contribution < -0.4 is 42.0 Å². The lowest BCUT2D eigenvalue weighted by Gasteiger charge is -2.48. The van der Waals surface area contributed by atoms with Crippen LogP contribution in [0.4, 0.5) is 4.79 Å². The zero-order valence-corrected chi connectivity index (χ0v) is 44.9. The minimum atomic E-state index is -1.99. The zero-order chi connectivity index (χ0) is 57.9. The molecule has 31 heteroatoms. The minimum Gasteiger partial charge on any atom is -0.484 e. The molecule has 0 aliphatic carbocycles. The zero-order valence-electron chi connectivity index (χ0n) is 44.1. The van der Waals surface area contributed by atoms with E-state index < -0.39 is 136 Å². The van der Waals surface area contributed by atoms with Crippen molar-refractivity contribution in [2.24, 2.45) is 0 Å². The smallest absolute Gasteiger partial charge is 0.315 e. The van der Waals surface area contributed by atoms with Crippen LogP contribution in [0.15, 0.2) is 24.3 Å². The summed E-state index contributed by atoms with van der Waals surface area (Å²) in [5.74, 6) is -0.832. The second-order valence-corrected chi connectivity index (χ2v) is 20.9. The monoisotopic (exact) mass is 1160 g/mol. The normalized spacial score (nSPS) is 32.9. The Labute approximate surface area is 464 Å². The number of hydrogen-bond donors (Lipinski definition) is 16. The second-order valence-electron chi connectivity index (χ2n) is 19.6. The Hall–Kier alpha value is -4.65. The van der Waals surface area contributed by atoms with Crippen LogP contribution in [0.5, 0.6) is 5.75 Å². The number of urea groups is 1. The summed E-state index contributed by atoms with van der Waals surface area (Å²) in [7, 11) is 0. The van der Waals surface area contributed by atoms with Crippen molar-refractivity contribution in [1.82, 2.24) is 37.2 Å². The second kappa shape index (κ2) is 32.3. The molecule has 7 amide bonds. The van der Waals surface area contributed by atoms with Crippen molar-refractivity contribution in [1.29, 1.82) is 0 Å². The summed E-state index contributed by atoms with van der Waals surface area (Å²) in [6.07, 6.45) is -20.7. The highest BCUT2D eigenvalue weighted by atomic mass is 32.2. The molecule has 5 aliphatic heterocycles. The van der Waals surface area contributed by atoms with Crippen LogP contribution >= 0.6 is 11.8 Å². The first-order valence-electron chi connectivity index (χ1n) is 26.6. The molecule has 1 aromatic carbocycles. The van der Waals surface area contributed by atoms with E-state index in [0.29, 0.717) is 18.2 Å². The van der Waals surface area contributed by atoms with E-state index in [-0.39, 0.29) is 93.5 Å². The van der Waals surface area contributed by atoms with E-state index in [1.165, 1.54) is 6.07 Å². The van der Waals surface area contributed by atoms with Crippen molar-refractivity contribution in [3.8, 4) is 5.75 Å². The number of thioether (sulfide) groups is 1. The number of amides is 7. The number of rotatable bonds is 31. The van der Waals surface area contributed by atoms with Crippen molar-refractivity contribution in [2.45, 2.75) is 155 Å². The summed E-state index contributed by atoms with van der Waals surface area (Å²) in [5.41, 5.74) is 0.239. The molecule has 80 heavy (non-hydrogen) atoms. The Balaban J connectivity index is 0.830. The lowest BCUT2D eigenvalue weighted by atomic mass is 9.95. The first kappa shape index (κ1) is 64.5. The first-order valence-corrected chi connectivity index (χ1v) is 27.6. The number of benzene rings is 1. The van der Waals surface area contributed by atoms with E-state index in [2.05, 4.69) is 37.2 Å². The summed E-state index contributed by atoms with van der Waals surface area (Å²) in [6.45, 7) is -0.814. The molecular formula is C49H77N7O23S. The Morgan fingerprint density at radius 3 is 2.06 bits per heavy atom. The van der Waals surface area contributed by atoms with Crippen LogP contribution in [-0.2, 0) is 52.3 Å². The van der Waals surface area contributed by atoms with Crippen LogP contribution in [-0.4, -0.2) is 269 Å². The summed E-state index contributed by atoms with van der Waals surface area (Å²) in [4.78, 5) is 73.7. The maximum atomic E-state index is 12.8. The average Bonchev–Trinajstić information content (AvgIpc) is 4.00. The van der Waals surface area contributed by atoms with Crippen molar-refractivity contribution >= 4 is 47.3 Å². The maximum absolute atomic E-state index is 12.8. The number of hydrogen-bond acceptors (Lipinski definition) is 24. The van der Waals surface area contributed by atoms with E-state index >= 15 is 0 Å². The number of ether oxygens (including phenoxy) is 8. The number of nitrogens with one attached hydrogen (secondary N) is 7. The van der Waals surface area contributed by atoms with Gasteiger partial charge in [-0.3, -0.25) is 24.0 Å². The van der Waals surface area contributed by atoms with Crippen LogP contribution in [0.3, 0.4) is 0 Å². The Morgan fingerprint density at radius 2 is 1.32 bits per heavy atom. The molecule has 5 fully saturated rings. The van der Waals surface area contributed by atoms with Gasteiger partial charge in [0.15, 0.2) is 25.5 Å². The van der Waals surface area contributed by atoms with Crippen molar-refractivity contribution < 1.29 is 113 Å². The number of aliphatic hydroxyl groups excluding tert-OH is 9. The van der Waals surface area contributed by atoms with Crippen LogP contribution in [0.2, 0.25) is 0 Å². The van der Waals surface area contributed by atoms with Gasteiger partial charge >= 0.3 is 6.03 Å². The van der Waals surface area contributed by atoms with E-state index in [1.54, 1.807) is 18.2 Å². The molecule has 16 N–H and O–H groups in total. The molecule has 5 saturated heterocycles. The van der Waals surface area contributed by atoms with Gasteiger partial charge < -0.3 is 121 Å². The Kier molecular flexibility index (Phi) is 26.0. The summed E-state index contributed by atoms with van der Waals surface area (Å²) >= 11 is 1.85. The molecule has 6 rings (SSSR count). The van der Waals surface area contributed by atoms with Crippen LogP contribution in [0.25, 0.3) is 0 Å². The SMILES string of the molecule is CC(=O)NC1[C@H](OCCCNC(=O)COc2cccc(C(=O)NCCNC(=O)CCOCCNC(=O)CCCC[C@@H]3SC[C@@H]4NC(=O)N[C@@H]43)c2)OC(CO)[C@@H](O[C@@H]2OC(CO)[C@H](O)[C@H](O[C@H]3OC(CO)[C@H](O)C(O)[C@@H]3O)C2O)[C@@H]1O. The van der Waals surface area contributed by atoms with Crippen molar-refractivity contribution in [3.63, 3.8) is 0 Å². The predicted octanol–water partition coefficient (Wildman–Crippen LogP) is -6.72. The quantitative estimate of drug-likeness (QED) is 0.0243. The number of unbranched alkanes of at least 4 members (excludes halogenated alkanes) is 1. The fourth-order valence-electron chi connectivity index (χ4n) is 9.47. The molecule has 6 unspecified atom stereocenters. The Morgan fingerprint density at radius 1 is 0.662 bits per heavy atom. The van der Waals surface area contributed by atoms with Gasteiger partial charge in [0.2, 0.25) is 17.7 Å². The van der Waals surface area contributed by atoms with Crippen molar-refractivity contribution in [2.75, 3.05) is 78.2 Å². The molecule has 0 saturated carbocycles. The highest BCUT2D eigenvalue weighted by molar-refractivity contribution is 8.00. The summed E-state index contributed by atoms with van der Waals surface area (Å²) in [5, 5.41) is 114. The third-order valence-corrected chi connectivity index (χ3v) is 15.2. The number of fused-ring (bicyclic) bond motifs is 1. The average molecular weight is 1160 g/mol. The lowest BCUT2D eigenvalue weighted by Crippen LogP contribution is -2.68. The third kappa shape index (κ3) is 18.4. The minimum absolute atomic E-state index is 0.0651. The van der Waals surface area contributed by atoms with Gasteiger partial charge in [0, 0.05) is 62.5 Å². The van der Waals surface area contributed by atoms with Gasteiger partial charge in [-0.25, -0.2) is 4.79 Å². The van der Waals surface area contributed by atoms with Crippen LogP contribution in [0, 0.1) is 0 Å². The van der Waals surface area contributed by atoms with Gasteiger partial charge in [-0.05, 0) is 37.5 Å². The molecule has 30 nitrogen and oxygen atoms in total. The molecule has 1 aromatic rings. The fourth-order valence-corrected chi connectivity index (χ4v) is 11.0. The molecule has 5 aliphatic rings. The van der Waals surface area contributed by atoms with E-state index in [1.807, 2.05) is 11.8 Å². The third-order valence-electron chi connectivity index (χ3n) is 13.7. The molecule has 452 valence electrons. The van der Waals surface area contributed by atoms with E-state index in [4.69, 9.17) is 37.9 Å². The number of carbonyl (C=O) groups is 6. The van der Waals surface area contributed by atoms with Gasteiger partial charge in [0.25, 0.3) is 11.8 Å². The van der Waals surface area contributed by atoms with Crippen molar-refractivity contribution in [3.05, 3.63) is 29.8 Å². The van der Waals surface area contributed by atoms with Gasteiger partial charge in [-0.1, -0.05) is 12.5 Å². The number of carbonyl (C=O) groups excluding carboxylic acids is 6.